The summed E-state index contributed by atoms with van der Waals surface area (Å²) in [5.41, 5.74) is 0. The lowest BCUT2D eigenvalue weighted by atomic mass is 9.95. The topological polar surface area (TPSA) is 15.3 Å². The van der Waals surface area contributed by atoms with E-state index in [2.05, 4.69) is 24.2 Å². The number of nitrogens with zero attached hydrogens (tertiary/aromatic N) is 1. The van der Waals surface area contributed by atoms with Crippen LogP contribution >= 0.6 is 0 Å². The fraction of sp³-hybridized carbons (Fsp3) is 1.00. The molecular formula is C14H28N2. The van der Waals surface area contributed by atoms with Crippen LogP contribution in [0.5, 0.6) is 0 Å². The van der Waals surface area contributed by atoms with E-state index in [1.165, 1.54) is 58.3 Å². The van der Waals surface area contributed by atoms with E-state index in [-0.39, 0.29) is 0 Å². The highest BCUT2D eigenvalue weighted by molar-refractivity contribution is 4.77. The van der Waals surface area contributed by atoms with Gasteiger partial charge in [0.15, 0.2) is 0 Å². The van der Waals surface area contributed by atoms with Gasteiger partial charge in [-0.1, -0.05) is 19.8 Å². The number of rotatable bonds is 4. The van der Waals surface area contributed by atoms with E-state index in [0.717, 1.165) is 17.8 Å². The average molecular weight is 224 g/mol. The molecule has 1 aliphatic heterocycles. The Morgan fingerprint density at radius 3 is 2.44 bits per heavy atom. The lowest BCUT2D eigenvalue weighted by molar-refractivity contribution is 0.213. The van der Waals surface area contributed by atoms with Crippen molar-refractivity contribution < 1.29 is 0 Å². The molecule has 2 rings (SSSR count). The molecule has 0 bridgehead atoms. The molecular weight excluding hydrogens is 196 g/mol. The van der Waals surface area contributed by atoms with Crippen molar-refractivity contribution in [2.45, 2.75) is 39.0 Å². The van der Waals surface area contributed by atoms with E-state index in [9.17, 15) is 0 Å². The molecule has 94 valence electrons. The van der Waals surface area contributed by atoms with Crippen molar-refractivity contribution in [1.29, 1.82) is 0 Å². The Hall–Kier alpha value is -0.0800. The largest absolute Gasteiger partial charge is 0.316 e. The van der Waals surface area contributed by atoms with Gasteiger partial charge in [0.25, 0.3) is 0 Å². The Kier molecular flexibility index (Phi) is 4.66. The summed E-state index contributed by atoms with van der Waals surface area (Å²) in [6, 6.07) is 0. The molecule has 1 saturated carbocycles. The lowest BCUT2D eigenvalue weighted by Gasteiger charge is -2.29. The summed E-state index contributed by atoms with van der Waals surface area (Å²) in [6.45, 7) is 7.55. The van der Waals surface area contributed by atoms with Crippen LogP contribution in [0, 0.1) is 17.8 Å². The van der Waals surface area contributed by atoms with Gasteiger partial charge in [0.05, 0.1) is 0 Å². The van der Waals surface area contributed by atoms with Gasteiger partial charge in [0.1, 0.15) is 0 Å². The summed E-state index contributed by atoms with van der Waals surface area (Å²) >= 11 is 0. The number of likely N-dealkylation sites (tertiary alicyclic amines) is 1. The molecule has 2 atom stereocenters. The standard InChI is InChI=1S/C14H28N2/c1-12-4-3-5-14(12)11-15-10-13-6-8-16(2)9-7-13/h12-15H,3-11H2,1-2H3. The van der Waals surface area contributed by atoms with Crippen LogP contribution in [0.1, 0.15) is 39.0 Å². The maximum Gasteiger partial charge on any atom is -0.00179 e. The first-order valence-electron chi connectivity index (χ1n) is 7.15. The minimum absolute atomic E-state index is 0.938. The van der Waals surface area contributed by atoms with Crippen molar-refractivity contribution in [3.8, 4) is 0 Å². The summed E-state index contributed by atoms with van der Waals surface area (Å²) in [6.07, 6.45) is 7.16. The van der Waals surface area contributed by atoms with Crippen LogP contribution < -0.4 is 5.32 Å². The SMILES string of the molecule is CC1CCCC1CNCC1CCN(C)CC1. The Morgan fingerprint density at radius 2 is 1.81 bits per heavy atom. The Bertz CT molecular complexity index is 197. The highest BCUT2D eigenvalue weighted by Crippen LogP contribution is 2.30. The summed E-state index contributed by atoms with van der Waals surface area (Å²) in [4.78, 5) is 2.45. The first-order valence-corrected chi connectivity index (χ1v) is 7.15. The zero-order valence-corrected chi connectivity index (χ0v) is 11.0. The summed E-state index contributed by atoms with van der Waals surface area (Å²) in [5.74, 6) is 2.86. The third kappa shape index (κ3) is 3.46. The van der Waals surface area contributed by atoms with Gasteiger partial charge < -0.3 is 10.2 Å². The highest BCUT2D eigenvalue weighted by atomic mass is 15.1. The van der Waals surface area contributed by atoms with Gasteiger partial charge in [0.2, 0.25) is 0 Å². The Balaban J connectivity index is 1.57. The van der Waals surface area contributed by atoms with Crippen molar-refractivity contribution >= 4 is 0 Å². The third-order valence-electron chi connectivity index (χ3n) is 4.72. The molecule has 16 heavy (non-hydrogen) atoms. The molecule has 2 heteroatoms. The molecule has 0 aromatic carbocycles. The quantitative estimate of drug-likeness (QED) is 0.788. The van der Waals surface area contributed by atoms with E-state index in [0.29, 0.717) is 0 Å². The molecule has 2 unspecified atom stereocenters. The molecule has 1 heterocycles. The maximum atomic E-state index is 3.72. The zero-order valence-electron chi connectivity index (χ0n) is 11.0. The van der Waals surface area contributed by atoms with Crippen molar-refractivity contribution in [3.05, 3.63) is 0 Å². The first kappa shape index (κ1) is 12.4. The van der Waals surface area contributed by atoms with Crippen molar-refractivity contribution in [2.75, 3.05) is 33.2 Å². The molecule has 0 spiro atoms. The van der Waals surface area contributed by atoms with E-state index in [4.69, 9.17) is 0 Å². The van der Waals surface area contributed by atoms with Gasteiger partial charge in [-0.25, -0.2) is 0 Å². The number of nitrogens with one attached hydrogen (secondary N) is 1. The fourth-order valence-electron chi connectivity index (χ4n) is 3.26. The molecule has 1 aliphatic carbocycles. The maximum absolute atomic E-state index is 3.72. The van der Waals surface area contributed by atoms with E-state index in [1.807, 2.05) is 0 Å². The fourth-order valence-corrected chi connectivity index (χ4v) is 3.26. The van der Waals surface area contributed by atoms with Gasteiger partial charge in [-0.2, -0.15) is 0 Å². The molecule has 0 aromatic rings. The summed E-state index contributed by atoms with van der Waals surface area (Å²) in [5, 5.41) is 3.72. The second kappa shape index (κ2) is 6.02. The molecule has 1 N–H and O–H groups in total. The Labute approximate surface area is 101 Å². The predicted octanol–water partition coefficient (Wildman–Crippen LogP) is 2.35. The molecule has 0 amide bonds. The molecule has 0 aromatic heterocycles. The molecule has 0 radical (unpaired) electrons. The van der Waals surface area contributed by atoms with Gasteiger partial charge in [-0.15, -0.1) is 0 Å². The minimum atomic E-state index is 0.938. The van der Waals surface area contributed by atoms with Crippen molar-refractivity contribution in [3.63, 3.8) is 0 Å². The third-order valence-corrected chi connectivity index (χ3v) is 4.72. The van der Waals surface area contributed by atoms with Crippen LogP contribution in [-0.2, 0) is 0 Å². The normalized spacial score (nSPS) is 33.4. The van der Waals surface area contributed by atoms with E-state index >= 15 is 0 Å². The lowest BCUT2D eigenvalue weighted by Crippen LogP contribution is -2.36. The zero-order chi connectivity index (χ0) is 11.4. The van der Waals surface area contributed by atoms with Crippen LogP contribution in [0.25, 0.3) is 0 Å². The number of piperidine rings is 1. The summed E-state index contributed by atoms with van der Waals surface area (Å²) in [7, 11) is 2.24. The van der Waals surface area contributed by atoms with Crippen LogP contribution in [0.15, 0.2) is 0 Å². The van der Waals surface area contributed by atoms with Gasteiger partial charge >= 0.3 is 0 Å². The van der Waals surface area contributed by atoms with Crippen molar-refractivity contribution in [2.24, 2.45) is 17.8 Å². The van der Waals surface area contributed by atoms with Crippen LogP contribution in [0.3, 0.4) is 0 Å². The summed E-state index contributed by atoms with van der Waals surface area (Å²) < 4.78 is 0. The average Bonchev–Trinajstić information content (AvgIpc) is 2.68. The predicted molar refractivity (Wildman–Crippen MR) is 69.6 cm³/mol. The minimum Gasteiger partial charge on any atom is -0.316 e. The van der Waals surface area contributed by atoms with Gasteiger partial charge in [-0.3, -0.25) is 0 Å². The molecule has 2 aliphatic rings. The molecule has 2 fully saturated rings. The van der Waals surface area contributed by atoms with Gasteiger partial charge in [-0.05, 0) is 70.2 Å². The monoisotopic (exact) mass is 224 g/mol. The highest BCUT2D eigenvalue weighted by Gasteiger charge is 2.23. The molecule has 1 saturated heterocycles. The second-order valence-corrected chi connectivity index (χ2v) is 6.07. The molecule has 2 nitrogen and oxygen atoms in total. The van der Waals surface area contributed by atoms with E-state index < -0.39 is 0 Å². The number of hydrogen-bond donors (Lipinski definition) is 1. The number of hydrogen-bond acceptors (Lipinski definition) is 2. The Morgan fingerprint density at radius 1 is 1.06 bits per heavy atom. The smallest absolute Gasteiger partial charge is 0.00179 e. The van der Waals surface area contributed by atoms with Crippen LogP contribution in [-0.4, -0.2) is 38.1 Å². The van der Waals surface area contributed by atoms with Gasteiger partial charge in [0, 0.05) is 0 Å². The van der Waals surface area contributed by atoms with Crippen LogP contribution in [0.2, 0.25) is 0 Å². The van der Waals surface area contributed by atoms with E-state index in [1.54, 1.807) is 0 Å². The van der Waals surface area contributed by atoms with Crippen molar-refractivity contribution in [1.82, 2.24) is 10.2 Å². The second-order valence-electron chi connectivity index (χ2n) is 6.07. The first-order chi connectivity index (χ1) is 7.75. The van der Waals surface area contributed by atoms with Crippen LogP contribution in [0.4, 0.5) is 0 Å².